The zero-order chi connectivity index (χ0) is 13.0. The van der Waals surface area contributed by atoms with Gasteiger partial charge in [-0.25, -0.2) is 0 Å². The summed E-state index contributed by atoms with van der Waals surface area (Å²) in [5, 5.41) is 0.774. The van der Waals surface area contributed by atoms with Gasteiger partial charge in [0.25, 0.3) is 0 Å². The summed E-state index contributed by atoms with van der Waals surface area (Å²) in [6.07, 6.45) is 0.943. The molecular formula is C16H18ClN. The van der Waals surface area contributed by atoms with Crippen molar-refractivity contribution < 1.29 is 0 Å². The van der Waals surface area contributed by atoms with Crippen molar-refractivity contribution in [2.45, 2.75) is 25.3 Å². The van der Waals surface area contributed by atoms with Crippen LogP contribution in [0.3, 0.4) is 0 Å². The van der Waals surface area contributed by atoms with Crippen LogP contribution in [0.15, 0.2) is 54.6 Å². The summed E-state index contributed by atoms with van der Waals surface area (Å²) >= 11 is 5.90. The van der Waals surface area contributed by atoms with Crippen LogP contribution in [-0.2, 0) is 6.42 Å². The SMILES string of the molecule is CC(N)C(Cc1ccc(Cl)cc1)c1ccccc1. The van der Waals surface area contributed by atoms with Gasteiger partial charge in [-0.3, -0.25) is 0 Å². The van der Waals surface area contributed by atoms with Crippen LogP contribution in [0.4, 0.5) is 0 Å². The van der Waals surface area contributed by atoms with E-state index in [9.17, 15) is 0 Å². The van der Waals surface area contributed by atoms with Crippen LogP contribution in [0.1, 0.15) is 24.0 Å². The van der Waals surface area contributed by atoms with Gasteiger partial charge in [0, 0.05) is 17.0 Å². The van der Waals surface area contributed by atoms with Gasteiger partial charge < -0.3 is 5.73 Å². The molecule has 0 aliphatic carbocycles. The smallest absolute Gasteiger partial charge is 0.0406 e. The average Bonchev–Trinajstić information content (AvgIpc) is 2.38. The van der Waals surface area contributed by atoms with Gasteiger partial charge in [0.05, 0.1) is 0 Å². The fourth-order valence-corrected chi connectivity index (χ4v) is 2.31. The molecule has 0 aromatic heterocycles. The van der Waals surface area contributed by atoms with E-state index in [-0.39, 0.29) is 6.04 Å². The van der Waals surface area contributed by atoms with E-state index in [0.717, 1.165) is 11.4 Å². The number of halogens is 1. The molecule has 0 saturated carbocycles. The predicted octanol–water partition coefficient (Wildman–Crippen LogP) is 4.01. The standard InChI is InChI=1S/C16H18ClN/c1-12(18)16(14-5-3-2-4-6-14)11-13-7-9-15(17)10-8-13/h2-10,12,16H,11,18H2,1H3. The van der Waals surface area contributed by atoms with Crippen molar-refractivity contribution in [3.05, 3.63) is 70.7 Å². The van der Waals surface area contributed by atoms with Gasteiger partial charge in [-0.1, -0.05) is 54.1 Å². The second-order valence-electron chi connectivity index (χ2n) is 4.71. The fraction of sp³-hybridized carbons (Fsp3) is 0.250. The van der Waals surface area contributed by atoms with E-state index < -0.39 is 0 Å². The van der Waals surface area contributed by atoms with E-state index in [1.54, 1.807) is 0 Å². The molecular weight excluding hydrogens is 242 g/mol. The zero-order valence-corrected chi connectivity index (χ0v) is 11.3. The summed E-state index contributed by atoms with van der Waals surface area (Å²) in [5.41, 5.74) is 8.68. The first kappa shape index (κ1) is 13.1. The lowest BCUT2D eigenvalue weighted by atomic mass is 9.87. The lowest BCUT2D eigenvalue weighted by Crippen LogP contribution is -2.26. The highest BCUT2D eigenvalue weighted by atomic mass is 35.5. The maximum Gasteiger partial charge on any atom is 0.0406 e. The molecule has 0 bridgehead atoms. The summed E-state index contributed by atoms with van der Waals surface area (Å²) < 4.78 is 0. The zero-order valence-electron chi connectivity index (χ0n) is 10.5. The van der Waals surface area contributed by atoms with Crippen molar-refractivity contribution in [3.63, 3.8) is 0 Å². The summed E-state index contributed by atoms with van der Waals surface area (Å²) in [7, 11) is 0. The van der Waals surface area contributed by atoms with E-state index in [4.69, 9.17) is 17.3 Å². The van der Waals surface area contributed by atoms with Crippen LogP contribution in [-0.4, -0.2) is 6.04 Å². The molecule has 2 heteroatoms. The number of nitrogens with two attached hydrogens (primary N) is 1. The van der Waals surface area contributed by atoms with Crippen molar-refractivity contribution >= 4 is 11.6 Å². The van der Waals surface area contributed by atoms with Crippen molar-refractivity contribution in [2.75, 3.05) is 0 Å². The Morgan fingerprint density at radius 1 is 1.00 bits per heavy atom. The number of benzene rings is 2. The molecule has 0 aliphatic heterocycles. The van der Waals surface area contributed by atoms with Crippen LogP contribution >= 0.6 is 11.6 Å². The molecule has 0 saturated heterocycles. The van der Waals surface area contributed by atoms with Crippen molar-refractivity contribution in [3.8, 4) is 0 Å². The van der Waals surface area contributed by atoms with E-state index in [0.29, 0.717) is 5.92 Å². The first-order valence-corrected chi connectivity index (χ1v) is 6.59. The Morgan fingerprint density at radius 3 is 2.17 bits per heavy atom. The maximum atomic E-state index is 6.12. The van der Waals surface area contributed by atoms with Crippen LogP contribution < -0.4 is 5.73 Å². The molecule has 2 aromatic rings. The summed E-state index contributed by atoms with van der Waals surface area (Å²) in [5.74, 6) is 0.340. The van der Waals surface area contributed by atoms with Crippen LogP contribution in [0.25, 0.3) is 0 Å². The molecule has 2 N–H and O–H groups in total. The predicted molar refractivity (Wildman–Crippen MR) is 78.0 cm³/mol. The monoisotopic (exact) mass is 259 g/mol. The van der Waals surface area contributed by atoms with Gasteiger partial charge in [-0.2, -0.15) is 0 Å². The Hall–Kier alpha value is -1.31. The van der Waals surface area contributed by atoms with E-state index in [1.165, 1.54) is 11.1 Å². The van der Waals surface area contributed by atoms with Crippen molar-refractivity contribution in [1.29, 1.82) is 0 Å². The number of rotatable bonds is 4. The quantitative estimate of drug-likeness (QED) is 0.882. The van der Waals surface area contributed by atoms with Crippen molar-refractivity contribution in [1.82, 2.24) is 0 Å². The highest BCUT2D eigenvalue weighted by Crippen LogP contribution is 2.24. The van der Waals surface area contributed by atoms with Gasteiger partial charge in [-0.15, -0.1) is 0 Å². The molecule has 0 fully saturated rings. The maximum absolute atomic E-state index is 6.12. The summed E-state index contributed by atoms with van der Waals surface area (Å²) in [4.78, 5) is 0. The van der Waals surface area contributed by atoms with Gasteiger partial charge >= 0.3 is 0 Å². The minimum atomic E-state index is 0.128. The average molecular weight is 260 g/mol. The second-order valence-corrected chi connectivity index (χ2v) is 5.14. The van der Waals surface area contributed by atoms with E-state index in [1.807, 2.05) is 18.2 Å². The first-order chi connectivity index (χ1) is 8.66. The third kappa shape index (κ3) is 3.34. The molecule has 0 heterocycles. The third-order valence-corrected chi connectivity index (χ3v) is 3.48. The molecule has 2 unspecified atom stereocenters. The largest absolute Gasteiger partial charge is 0.327 e. The van der Waals surface area contributed by atoms with Gasteiger partial charge in [0.15, 0.2) is 0 Å². The van der Waals surface area contributed by atoms with Crippen LogP contribution in [0, 0.1) is 0 Å². The van der Waals surface area contributed by atoms with Crippen molar-refractivity contribution in [2.24, 2.45) is 5.73 Å². The van der Waals surface area contributed by atoms with Gasteiger partial charge in [0.1, 0.15) is 0 Å². The Balaban J connectivity index is 2.19. The molecule has 2 rings (SSSR count). The van der Waals surface area contributed by atoms with Crippen LogP contribution in [0.2, 0.25) is 5.02 Å². The lowest BCUT2D eigenvalue weighted by Gasteiger charge is -2.21. The van der Waals surface area contributed by atoms with Crippen LogP contribution in [0.5, 0.6) is 0 Å². The molecule has 0 aliphatic rings. The highest BCUT2D eigenvalue weighted by Gasteiger charge is 2.16. The third-order valence-electron chi connectivity index (χ3n) is 3.23. The minimum Gasteiger partial charge on any atom is -0.327 e. The van der Waals surface area contributed by atoms with Gasteiger partial charge in [-0.05, 0) is 36.6 Å². The minimum absolute atomic E-state index is 0.128. The van der Waals surface area contributed by atoms with E-state index >= 15 is 0 Å². The summed E-state index contributed by atoms with van der Waals surface area (Å²) in [6, 6.07) is 18.6. The molecule has 18 heavy (non-hydrogen) atoms. The Labute approximate surface area is 114 Å². The Bertz CT molecular complexity index is 476. The lowest BCUT2D eigenvalue weighted by molar-refractivity contribution is 0.565. The normalized spacial score (nSPS) is 14.2. The molecule has 0 spiro atoms. The molecule has 1 nitrogen and oxygen atoms in total. The number of hydrogen-bond acceptors (Lipinski definition) is 1. The Morgan fingerprint density at radius 2 is 1.61 bits per heavy atom. The first-order valence-electron chi connectivity index (χ1n) is 6.22. The summed E-state index contributed by atoms with van der Waals surface area (Å²) in [6.45, 7) is 2.06. The molecule has 2 atom stereocenters. The fourth-order valence-electron chi connectivity index (χ4n) is 2.18. The second kappa shape index (κ2) is 6.03. The molecule has 94 valence electrons. The Kier molecular flexibility index (Phi) is 4.40. The van der Waals surface area contributed by atoms with Gasteiger partial charge in [0.2, 0.25) is 0 Å². The molecule has 0 amide bonds. The topological polar surface area (TPSA) is 26.0 Å². The number of hydrogen-bond donors (Lipinski definition) is 1. The highest BCUT2D eigenvalue weighted by molar-refractivity contribution is 6.30. The van der Waals surface area contributed by atoms with E-state index in [2.05, 4.69) is 43.3 Å². The molecule has 2 aromatic carbocycles. The molecule has 0 radical (unpaired) electrons.